The van der Waals surface area contributed by atoms with Gasteiger partial charge in [0, 0.05) is 6.54 Å². The van der Waals surface area contributed by atoms with Gasteiger partial charge in [0.15, 0.2) is 0 Å². The van der Waals surface area contributed by atoms with Crippen LogP contribution in [0.15, 0.2) is 24.3 Å². The molecule has 21 heavy (non-hydrogen) atoms. The molecule has 1 heterocycles. The van der Waals surface area contributed by atoms with Crippen molar-refractivity contribution < 1.29 is 4.74 Å². The van der Waals surface area contributed by atoms with Crippen LogP contribution in [-0.4, -0.2) is 21.6 Å². The van der Waals surface area contributed by atoms with Crippen LogP contribution in [0.1, 0.15) is 37.8 Å². The maximum absolute atomic E-state index is 5.63. The Bertz CT molecular complexity index is 583. The van der Waals surface area contributed by atoms with Gasteiger partial charge in [-0.05, 0) is 24.0 Å². The molecule has 0 atom stereocenters. The molecule has 0 aliphatic carbocycles. The second kappa shape index (κ2) is 6.88. The van der Waals surface area contributed by atoms with Crippen molar-refractivity contribution in [2.75, 3.05) is 17.7 Å². The van der Waals surface area contributed by atoms with Gasteiger partial charge in [-0.15, -0.1) is 0 Å². The van der Waals surface area contributed by atoms with E-state index < -0.39 is 0 Å². The summed E-state index contributed by atoms with van der Waals surface area (Å²) in [5.74, 6) is 1.09. The minimum atomic E-state index is 0.145. The number of nitrogen functional groups attached to an aromatic ring is 1. The lowest BCUT2D eigenvalue weighted by atomic mass is 10.0. The summed E-state index contributed by atoms with van der Waals surface area (Å²) in [5.41, 5.74) is 8.10. The molecule has 0 aliphatic rings. The van der Waals surface area contributed by atoms with Gasteiger partial charge >= 0.3 is 6.01 Å². The van der Waals surface area contributed by atoms with Crippen LogP contribution in [0.3, 0.4) is 0 Å². The fourth-order valence-electron chi connectivity index (χ4n) is 1.85. The lowest BCUT2D eigenvalue weighted by Gasteiger charge is -2.09. The second-order valence-corrected chi connectivity index (χ2v) is 4.98. The minimum Gasteiger partial charge on any atom is -0.464 e. The highest BCUT2D eigenvalue weighted by molar-refractivity contribution is 5.34. The Kier molecular flexibility index (Phi) is 4.92. The third-order valence-electron chi connectivity index (χ3n) is 3.00. The number of benzene rings is 1. The Balaban J connectivity index is 2.02. The van der Waals surface area contributed by atoms with Crippen molar-refractivity contribution in [3.05, 3.63) is 35.4 Å². The first-order valence-corrected chi connectivity index (χ1v) is 7.05. The molecule has 1 aromatic heterocycles. The maximum atomic E-state index is 5.63. The molecule has 0 saturated heterocycles. The number of anilines is 2. The average molecular weight is 287 g/mol. The van der Waals surface area contributed by atoms with E-state index in [1.54, 1.807) is 0 Å². The standard InChI is InChI=1S/C15H21N5O/c1-4-21-15-19-13(16)18-14(20-15)17-9-11-5-7-12(8-6-11)10(2)3/h5-8,10H,4,9H2,1-3H3,(H3,16,17,18,19,20). The third kappa shape index (κ3) is 4.30. The molecule has 2 rings (SSSR count). The van der Waals surface area contributed by atoms with Crippen molar-refractivity contribution in [3.8, 4) is 6.01 Å². The SMILES string of the molecule is CCOc1nc(N)nc(NCc2ccc(C(C)C)cc2)n1. The van der Waals surface area contributed by atoms with E-state index in [4.69, 9.17) is 10.5 Å². The van der Waals surface area contributed by atoms with Crippen molar-refractivity contribution in [1.82, 2.24) is 15.0 Å². The molecule has 112 valence electrons. The van der Waals surface area contributed by atoms with Crippen LogP contribution in [-0.2, 0) is 6.54 Å². The van der Waals surface area contributed by atoms with Crippen molar-refractivity contribution >= 4 is 11.9 Å². The molecule has 0 spiro atoms. The number of aromatic nitrogens is 3. The molecule has 0 amide bonds. The van der Waals surface area contributed by atoms with Gasteiger partial charge in [-0.25, -0.2) is 0 Å². The Morgan fingerprint density at radius 3 is 2.48 bits per heavy atom. The fourth-order valence-corrected chi connectivity index (χ4v) is 1.85. The van der Waals surface area contributed by atoms with Gasteiger partial charge in [0.2, 0.25) is 11.9 Å². The summed E-state index contributed by atoms with van der Waals surface area (Å²) in [5, 5.41) is 3.13. The van der Waals surface area contributed by atoms with Crippen LogP contribution in [0.25, 0.3) is 0 Å². The molecule has 0 aliphatic heterocycles. The number of nitrogens with zero attached hydrogens (tertiary/aromatic N) is 3. The Morgan fingerprint density at radius 1 is 1.14 bits per heavy atom. The van der Waals surface area contributed by atoms with Crippen molar-refractivity contribution in [2.24, 2.45) is 0 Å². The average Bonchev–Trinajstić information content (AvgIpc) is 2.45. The monoisotopic (exact) mass is 287 g/mol. The van der Waals surface area contributed by atoms with Crippen LogP contribution in [0.5, 0.6) is 6.01 Å². The predicted octanol–water partition coefficient (Wildman–Crippen LogP) is 2.59. The van der Waals surface area contributed by atoms with Crippen LogP contribution in [0.2, 0.25) is 0 Å². The van der Waals surface area contributed by atoms with Gasteiger partial charge in [0.1, 0.15) is 0 Å². The molecule has 3 N–H and O–H groups in total. The van der Waals surface area contributed by atoms with Crippen molar-refractivity contribution in [1.29, 1.82) is 0 Å². The zero-order chi connectivity index (χ0) is 15.2. The van der Waals surface area contributed by atoms with Crippen LogP contribution in [0, 0.1) is 0 Å². The number of hydrogen-bond donors (Lipinski definition) is 2. The molecular weight excluding hydrogens is 266 g/mol. The molecule has 0 fully saturated rings. The summed E-state index contributed by atoms with van der Waals surface area (Å²) in [6, 6.07) is 8.69. The zero-order valence-electron chi connectivity index (χ0n) is 12.6. The van der Waals surface area contributed by atoms with Gasteiger partial charge < -0.3 is 15.8 Å². The number of hydrogen-bond acceptors (Lipinski definition) is 6. The second-order valence-electron chi connectivity index (χ2n) is 4.98. The van der Waals surface area contributed by atoms with Gasteiger partial charge in [0.25, 0.3) is 0 Å². The molecule has 0 saturated carbocycles. The van der Waals surface area contributed by atoms with E-state index in [1.807, 2.05) is 6.92 Å². The Morgan fingerprint density at radius 2 is 1.86 bits per heavy atom. The highest BCUT2D eigenvalue weighted by atomic mass is 16.5. The van der Waals surface area contributed by atoms with Gasteiger partial charge in [-0.1, -0.05) is 38.1 Å². The first kappa shape index (κ1) is 15.0. The highest BCUT2D eigenvalue weighted by Crippen LogP contribution is 2.15. The minimum absolute atomic E-state index is 0.145. The molecule has 6 nitrogen and oxygen atoms in total. The summed E-state index contributed by atoms with van der Waals surface area (Å²) < 4.78 is 5.24. The maximum Gasteiger partial charge on any atom is 0.323 e. The number of nitrogens with two attached hydrogens (primary N) is 1. The van der Waals surface area contributed by atoms with E-state index in [1.165, 1.54) is 5.56 Å². The summed E-state index contributed by atoms with van der Waals surface area (Å²) in [7, 11) is 0. The highest BCUT2D eigenvalue weighted by Gasteiger charge is 2.05. The van der Waals surface area contributed by atoms with E-state index in [0.717, 1.165) is 5.56 Å². The smallest absolute Gasteiger partial charge is 0.323 e. The van der Waals surface area contributed by atoms with Crippen LogP contribution >= 0.6 is 0 Å². The van der Waals surface area contributed by atoms with Gasteiger partial charge in [-0.2, -0.15) is 15.0 Å². The van der Waals surface area contributed by atoms with E-state index in [9.17, 15) is 0 Å². The molecule has 1 aromatic carbocycles. The molecule has 6 heteroatoms. The fraction of sp³-hybridized carbons (Fsp3) is 0.400. The largest absolute Gasteiger partial charge is 0.464 e. The number of rotatable bonds is 6. The Labute approximate surface area is 124 Å². The van der Waals surface area contributed by atoms with E-state index in [-0.39, 0.29) is 12.0 Å². The molecule has 2 aromatic rings. The lowest BCUT2D eigenvalue weighted by Crippen LogP contribution is -2.09. The quantitative estimate of drug-likeness (QED) is 0.849. The van der Waals surface area contributed by atoms with Crippen LogP contribution < -0.4 is 15.8 Å². The first-order valence-electron chi connectivity index (χ1n) is 7.05. The lowest BCUT2D eigenvalue weighted by molar-refractivity contribution is 0.312. The summed E-state index contributed by atoms with van der Waals surface area (Å²) >= 11 is 0. The normalized spacial score (nSPS) is 10.7. The van der Waals surface area contributed by atoms with Crippen molar-refractivity contribution in [3.63, 3.8) is 0 Å². The van der Waals surface area contributed by atoms with E-state index >= 15 is 0 Å². The molecule has 0 radical (unpaired) electrons. The first-order chi connectivity index (χ1) is 10.1. The van der Waals surface area contributed by atoms with Crippen molar-refractivity contribution in [2.45, 2.75) is 33.2 Å². The number of ether oxygens (including phenoxy) is 1. The summed E-state index contributed by atoms with van der Waals surface area (Å²) in [6.07, 6.45) is 0. The van der Waals surface area contributed by atoms with E-state index in [2.05, 4.69) is 58.4 Å². The molecule has 0 unspecified atom stereocenters. The zero-order valence-corrected chi connectivity index (χ0v) is 12.6. The third-order valence-corrected chi connectivity index (χ3v) is 3.00. The molecule has 0 bridgehead atoms. The van der Waals surface area contributed by atoms with Crippen LogP contribution in [0.4, 0.5) is 11.9 Å². The van der Waals surface area contributed by atoms with E-state index in [0.29, 0.717) is 25.0 Å². The van der Waals surface area contributed by atoms with Gasteiger partial charge in [-0.3, -0.25) is 0 Å². The molecular formula is C15H21N5O. The van der Waals surface area contributed by atoms with Gasteiger partial charge in [0.05, 0.1) is 6.61 Å². The summed E-state index contributed by atoms with van der Waals surface area (Å²) in [4.78, 5) is 12.1. The number of nitrogens with one attached hydrogen (secondary N) is 1. The predicted molar refractivity (Wildman–Crippen MR) is 83.3 cm³/mol. The Hall–Kier alpha value is -2.37. The topological polar surface area (TPSA) is 86.0 Å². The summed E-state index contributed by atoms with van der Waals surface area (Å²) in [6.45, 7) is 7.32.